The van der Waals surface area contributed by atoms with Crippen LogP contribution in [0.25, 0.3) is 0 Å². The molecule has 22 heavy (non-hydrogen) atoms. The van der Waals surface area contributed by atoms with Gasteiger partial charge in [-0.05, 0) is 17.7 Å². The number of rotatable bonds is 4. The third-order valence-corrected chi connectivity index (χ3v) is 4.66. The number of anilines is 1. The van der Waals surface area contributed by atoms with Crippen LogP contribution in [0, 0.1) is 5.82 Å². The number of hydrogen-bond acceptors (Lipinski definition) is 5. The molecule has 1 aromatic carbocycles. The summed E-state index contributed by atoms with van der Waals surface area (Å²) in [6.07, 6.45) is 1.79. The Balaban J connectivity index is 1.71. The first-order valence-corrected chi connectivity index (χ1v) is 7.96. The molecule has 2 aromatic rings. The van der Waals surface area contributed by atoms with Crippen LogP contribution in [0.3, 0.4) is 0 Å². The number of piperazine rings is 1. The summed E-state index contributed by atoms with van der Waals surface area (Å²) in [4.78, 5) is 20.4. The van der Waals surface area contributed by atoms with E-state index in [1.165, 1.54) is 12.1 Å². The number of nitrogens with zero attached hydrogens (tertiary/aromatic N) is 3. The molecule has 1 fully saturated rings. The highest BCUT2D eigenvalue weighted by atomic mass is 32.1. The van der Waals surface area contributed by atoms with Crippen molar-refractivity contribution in [3.63, 3.8) is 0 Å². The molecule has 3 rings (SSSR count). The monoisotopic (exact) mass is 320 g/mol. The van der Waals surface area contributed by atoms with Gasteiger partial charge in [0.05, 0.1) is 0 Å². The standard InChI is InChI=1S/C15H17FN4OS/c16-12-3-1-11(2-4-12)13(14(17)21)19-6-8-20(9-7-19)15-18-5-10-22-15/h1-5,10,13H,6-9H2,(H2,17,21)/t13-/m1/s1. The van der Waals surface area contributed by atoms with Gasteiger partial charge in [0.25, 0.3) is 0 Å². The average Bonchev–Trinajstić information content (AvgIpc) is 3.04. The molecule has 5 nitrogen and oxygen atoms in total. The van der Waals surface area contributed by atoms with E-state index in [1.807, 2.05) is 10.3 Å². The number of carbonyl (C=O) groups excluding carboxylic acids is 1. The Morgan fingerprint density at radius 3 is 2.45 bits per heavy atom. The number of halogens is 1. The van der Waals surface area contributed by atoms with Crippen molar-refractivity contribution in [1.29, 1.82) is 0 Å². The van der Waals surface area contributed by atoms with Gasteiger partial charge in [-0.15, -0.1) is 11.3 Å². The van der Waals surface area contributed by atoms with Gasteiger partial charge in [-0.2, -0.15) is 0 Å². The highest BCUT2D eigenvalue weighted by molar-refractivity contribution is 7.13. The van der Waals surface area contributed by atoms with E-state index in [1.54, 1.807) is 29.7 Å². The summed E-state index contributed by atoms with van der Waals surface area (Å²) < 4.78 is 13.1. The predicted octanol–water partition coefficient (Wildman–Crippen LogP) is 1.63. The Labute approximate surface area is 132 Å². The molecule has 1 amide bonds. The SMILES string of the molecule is NC(=O)[C@@H](c1ccc(F)cc1)N1CCN(c2nccs2)CC1. The number of carbonyl (C=O) groups is 1. The van der Waals surface area contributed by atoms with E-state index >= 15 is 0 Å². The summed E-state index contributed by atoms with van der Waals surface area (Å²) in [7, 11) is 0. The number of primary amides is 1. The first kappa shape index (κ1) is 14.9. The van der Waals surface area contributed by atoms with Crippen LogP contribution in [-0.4, -0.2) is 42.0 Å². The van der Waals surface area contributed by atoms with Crippen LogP contribution in [0.2, 0.25) is 0 Å². The molecule has 0 spiro atoms. The Morgan fingerprint density at radius 2 is 1.91 bits per heavy atom. The molecule has 116 valence electrons. The fraction of sp³-hybridized carbons (Fsp3) is 0.333. The maximum Gasteiger partial charge on any atom is 0.239 e. The molecular weight excluding hydrogens is 303 g/mol. The molecule has 1 aliphatic heterocycles. The zero-order valence-corrected chi connectivity index (χ0v) is 12.8. The van der Waals surface area contributed by atoms with E-state index in [9.17, 15) is 9.18 Å². The zero-order valence-electron chi connectivity index (χ0n) is 12.0. The van der Waals surface area contributed by atoms with Gasteiger partial charge >= 0.3 is 0 Å². The van der Waals surface area contributed by atoms with E-state index in [0.29, 0.717) is 13.1 Å². The first-order chi connectivity index (χ1) is 10.6. The number of nitrogens with two attached hydrogens (primary N) is 1. The zero-order chi connectivity index (χ0) is 15.5. The summed E-state index contributed by atoms with van der Waals surface area (Å²) >= 11 is 1.61. The van der Waals surface area contributed by atoms with E-state index in [0.717, 1.165) is 23.8 Å². The molecule has 0 bridgehead atoms. The molecule has 0 aliphatic carbocycles. The van der Waals surface area contributed by atoms with Crippen LogP contribution >= 0.6 is 11.3 Å². The van der Waals surface area contributed by atoms with Crippen LogP contribution in [0.15, 0.2) is 35.8 Å². The lowest BCUT2D eigenvalue weighted by molar-refractivity contribution is -0.123. The Bertz CT molecular complexity index is 624. The van der Waals surface area contributed by atoms with Crippen LogP contribution in [-0.2, 0) is 4.79 Å². The lowest BCUT2D eigenvalue weighted by Gasteiger charge is -2.38. The van der Waals surface area contributed by atoms with Crippen LogP contribution < -0.4 is 10.6 Å². The molecule has 0 radical (unpaired) electrons. The molecule has 2 heterocycles. The number of thiazole rings is 1. The summed E-state index contributed by atoms with van der Waals surface area (Å²) in [5.74, 6) is -0.727. The van der Waals surface area contributed by atoms with Gasteiger partial charge in [-0.3, -0.25) is 9.69 Å². The third kappa shape index (κ3) is 3.10. The maximum absolute atomic E-state index is 13.1. The minimum atomic E-state index is -0.515. The number of aromatic nitrogens is 1. The van der Waals surface area contributed by atoms with E-state index < -0.39 is 11.9 Å². The molecule has 1 aromatic heterocycles. The van der Waals surface area contributed by atoms with Crippen molar-refractivity contribution in [3.8, 4) is 0 Å². The van der Waals surface area contributed by atoms with Crippen LogP contribution in [0.4, 0.5) is 9.52 Å². The average molecular weight is 320 g/mol. The van der Waals surface area contributed by atoms with Crippen molar-refractivity contribution >= 4 is 22.4 Å². The summed E-state index contributed by atoms with van der Waals surface area (Å²) in [5, 5.41) is 2.95. The molecule has 1 aliphatic rings. The summed E-state index contributed by atoms with van der Waals surface area (Å²) in [6.45, 7) is 3.01. The van der Waals surface area contributed by atoms with Gasteiger partial charge in [0.1, 0.15) is 11.9 Å². The van der Waals surface area contributed by atoms with Gasteiger partial charge in [0, 0.05) is 37.8 Å². The fourth-order valence-electron chi connectivity index (χ4n) is 2.74. The fourth-order valence-corrected chi connectivity index (χ4v) is 3.44. The predicted molar refractivity (Wildman–Crippen MR) is 84.2 cm³/mol. The number of benzene rings is 1. The molecule has 1 saturated heterocycles. The van der Waals surface area contributed by atoms with Crippen molar-refractivity contribution in [2.75, 3.05) is 31.1 Å². The van der Waals surface area contributed by atoms with Crippen molar-refractivity contribution in [2.45, 2.75) is 6.04 Å². The minimum absolute atomic E-state index is 0.319. The van der Waals surface area contributed by atoms with Crippen LogP contribution in [0.1, 0.15) is 11.6 Å². The molecule has 7 heteroatoms. The molecule has 1 atom stereocenters. The third-order valence-electron chi connectivity index (χ3n) is 3.82. The van der Waals surface area contributed by atoms with Crippen molar-refractivity contribution in [1.82, 2.24) is 9.88 Å². The summed E-state index contributed by atoms with van der Waals surface area (Å²) in [5.41, 5.74) is 6.30. The van der Waals surface area contributed by atoms with Gasteiger partial charge in [0.15, 0.2) is 5.13 Å². The quantitative estimate of drug-likeness (QED) is 0.930. The lowest BCUT2D eigenvalue weighted by atomic mass is 10.0. The van der Waals surface area contributed by atoms with Crippen molar-refractivity contribution in [3.05, 3.63) is 47.2 Å². The van der Waals surface area contributed by atoms with Crippen molar-refractivity contribution in [2.24, 2.45) is 5.73 Å². The van der Waals surface area contributed by atoms with Gasteiger partial charge < -0.3 is 10.6 Å². The number of hydrogen-bond donors (Lipinski definition) is 1. The largest absolute Gasteiger partial charge is 0.368 e. The molecule has 2 N–H and O–H groups in total. The first-order valence-electron chi connectivity index (χ1n) is 7.08. The smallest absolute Gasteiger partial charge is 0.239 e. The topological polar surface area (TPSA) is 62.5 Å². The second kappa shape index (κ2) is 6.41. The lowest BCUT2D eigenvalue weighted by Crippen LogP contribution is -2.50. The van der Waals surface area contributed by atoms with E-state index in [2.05, 4.69) is 9.88 Å². The van der Waals surface area contributed by atoms with Gasteiger partial charge in [-0.1, -0.05) is 12.1 Å². The van der Waals surface area contributed by atoms with E-state index in [4.69, 9.17) is 5.73 Å². The van der Waals surface area contributed by atoms with E-state index in [-0.39, 0.29) is 5.82 Å². The molecular formula is C15H17FN4OS. The Hall–Kier alpha value is -1.99. The number of amides is 1. The Kier molecular flexibility index (Phi) is 4.35. The normalized spacial score (nSPS) is 17.4. The highest BCUT2D eigenvalue weighted by Gasteiger charge is 2.29. The second-order valence-electron chi connectivity index (χ2n) is 5.19. The van der Waals surface area contributed by atoms with Gasteiger partial charge in [-0.25, -0.2) is 9.37 Å². The molecule has 0 saturated carbocycles. The highest BCUT2D eigenvalue weighted by Crippen LogP contribution is 2.25. The minimum Gasteiger partial charge on any atom is -0.368 e. The maximum atomic E-state index is 13.1. The van der Waals surface area contributed by atoms with Gasteiger partial charge in [0.2, 0.25) is 5.91 Å². The van der Waals surface area contributed by atoms with Crippen molar-refractivity contribution < 1.29 is 9.18 Å². The Morgan fingerprint density at radius 1 is 1.23 bits per heavy atom. The second-order valence-corrected chi connectivity index (χ2v) is 6.07. The molecule has 0 unspecified atom stereocenters. The van der Waals surface area contributed by atoms with Crippen LogP contribution in [0.5, 0.6) is 0 Å². The summed E-state index contributed by atoms with van der Waals surface area (Å²) in [6, 6.07) is 5.45.